The first kappa shape index (κ1) is 13.1. The van der Waals surface area contributed by atoms with Crippen LogP contribution in [-0.2, 0) is 16.1 Å². The number of hydrogen-bond acceptors (Lipinski definition) is 5. The summed E-state index contributed by atoms with van der Waals surface area (Å²) in [6.07, 6.45) is 0. The van der Waals surface area contributed by atoms with Gasteiger partial charge in [-0.05, 0) is 6.92 Å². The molecule has 0 radical (unpaired) electrons. The molecule has 1 aromatic rings. The molecular weight excluding hydrogens is 254 g/mol. The molecule has 2 amide bonds. The van der Waals surface area contributed by atoms with Gasteiger partial charge in [0.05, 0.1) is 13.1 Å². The minimum atomic E-state index is -1.20. The highest BCUT2D eigenvalue weighted by atomic mass is 16.5. The van der Waals surface area contributed by atoms with E-state index >= 15 is 0 Å². The van der Waals surface area contributed by atoms with Gasteiger partial charge in [0.2, 0.25) is 11.8 Å². The fourth-order valence-electron chi connectivity index (χ4n) is 1.81. The fraction of sp³-hybridized carbons (Fsp3) is 0.455. The van der Waals surface area contributed by atoms with E-state index in [1.165, 1.54) is 15.9 Å². The molecule has 0 aromatic carbocycles. The van der Waals surface area contributed by atoms with Crippen molar-refractivity contribution in [2.75, 3.05) is 19.6 Å². The molecule has 19 heavy (non-hydrogen) atoms. The molecule has 1 N–H and O–H groups in total. The molecule has 0 atom stereocenters. The molecule has 0 spiro atoms. The van der Waals surface area contributed by atoms with Crippen molar-refractivity contribution in [1.29, 1.82) is 0 Å². The van der Waals surface area contributed by atoms with E-state index in [-0.39, 0.29) is 42.9 Å². The number of likely N-dealkylation sites (N-methyl/N-ethyl adjacent to an activating group) is 1. The lowest BCUT2D eigenvalue weighted by Crippen LogP contribution is -2.53. The lowest BCUT2D eigenvalue weighted by molar-refractivity contribution is -0.150. The van der Waals surface area contributed by atoms with Gasteiger partial charge in [-0.1, -0.05) is 5.16 Å². The van der Waals surface area contributed by atoms with Crippen LogP contribution in [0.15, 0.2) is 10.6 Å². The summed E-state index contributed by atoms with van der Waals surface area (Å²) in [5.41, 5.74) is -0.221. The second-order valence-corrected chi connectivity index (χ2v) is 4.14. The molecule has 8 nitrogen and oxygen atoms in total. The summed E-state index contributed by atoms with van der Waals surface area (Å²) in [6, 6.07) is 1.24. The number of carboxylic acids is 1. The van der Waals surface area contributed by atoms with Crippen molar-refractivity contribution in [3.05, 3.63) is 17.5 Å². The molecule has 1 aromatic heterocycles. The van der Waals surface area contributed by atoms with E-state index in [0.717, 1.165) is 0 Å². The third-order valence-electron chi connectivity index (χ3n) is 2.86. The fourth-order valence-corrected chi connectivity index (χ4v) is 1.81. The van der Waals surface area contributed by atoms with Crippen molar-refractivity contribution in [1.82, 2.24) is 15.0 Å². The van der Waals surface area contributed by atoms with Crippen LogP contribution in [0.3, 0.4) is 0 Å². The van der Waals surface area contributed by atoms with Crippen LogP contribution in [0.5, 0.6) is 0 Å². The highest BCUT2D eigenvalue weighted by molar-refractivity contribution is 5.92. The molecule has 1 saturated heterocycles. The van der Waals surface area contributed by atoms with E-state index < -0.39 is 5.97 Å². The van der Waals surface area contributed by atoms with E-state index in [2.05, 4.69) is 5.16 Å². The Hall–Kier alpha value is -2.38. The van der Waals surface area contributed by atoms with E-state index in [0.29, 0.717) is 6.54 Å². The zero-order valence-electron chi connectivity index (χ0n) is 10.3. The third-order valence-corrected chi connectivity index (χ3v) is 2.86. The number of hydrogen-bond donors (Lipinski definition) is 1. The van der Waals surface area contributed by atoms with E-state index in [1.54, 1.807) is 6.92 Å². The molecule has 2 rings (SSSR count). The second-order valence-electron chi connectivity index (χ2n) is 4.14. The molecule has 1 aliphatic heterocycles. The molecule has 0 bridgehead atoms. The molecule has 1 aliphatic rings. The van der Waals surface area contributed by atoms with Gasteiger partial charge in [0.15, 0.2) is 11.5 Å². The Morgan fingerprint density at radius 1 is 1.37 bits per heavy atom. The maximum Gasteiger partial charge on any atom is 0.358 e. The number of aromatic nitrogens is 1. The Bertz CT molecular complexity index is 524. The number of piperazine rings is 1. The van der Waals surface area contributed by atoms with Crippen molar-refractivity contribution in [3.8, 4) is 0 Å². The Morgan fingerprint density at radius 3 is 2.58 bits per heavy atom. The molecule has 0 aliphatic carbocycles. The van der Waals surface area contributed by atoms with Gasteiger partial charge in [-0.25, -0.2) is 4.79 Å². The molecule has 0 unspecified atom stereocenters. The SMILES string of the molecule is CCN1CC(=O)N(Cc2cc(C(=O)O)no2)CC1=O. The lowest BCUT2D eigenvalue weighted by atomic mass is 10.2. The highest BCUT2D eigenvalue weighted by Gasteiger charge is 2.29. The first-order valence-corrected chi connectivity index (χ1v) is 5.75. The third kappa shape index (κ3) is 2.72. The quantitative estimate of drug-likeness (QED) is 0.793. The van der Waals surface area contributed by atoms with Crippen LogP contribution in [0.2, 0.25) is 0 Å². The molecule has 8 heteroatoms. The summed E-state index contributed by atoms with van der Waals surface area (Å²) in [5, 5.41) is 12.0. The second kappa shape index (κ2) is 5.09. The number of amides is 2. The summed E-state index contributed by atoms with van der Waals surface area (Å²) in [6.45, 7) is 2.34. The Morgan fingerprint density at radius 2 is 2.00 bits per heavy atom. The number of carbonyl (C=O) groups is 3. The summed E-state index contributed by atoms with van der Waals surface area (Å²) in [7, 11) is 0. The largest absolute Gasteiger partial charge is 0.476 e. The minimum absolute atomic E-state index is 0.0320. The average molecular weight is 267 g/mol. The maximum absolute atomic E-state index is 11.8. The Balaban J connectivity index is 2.04. The van der Waals surface area contributed by atoms with Gasteiger partial charge >= 0.3 is 5.97 Å². The maximum atomic E-state index is 11.8. The predicted octanol–water partition coefficient (Wildman–Crippen LogP) is -0.437. The molecule has 0 saturated carbocycles. The number of rotatable bonds is 4. The predicted molar refractivity (Wildman–Crippen MR) is 61.1 cm³/mol. The van der Waals surface area contributed by atoms with Gasteiger partial charge in [0, 0.05) is 12.6 Å². The van der Waals surface area contributed by atoms with Crippen LogP contribution in [0.1, 0.15) is 23.2 Å². The molecule has 2 heterocycles. The molecular formula is C11H13N3O5. The minimum Gasteiger partial charge on any atom is -0.476 e. The smallest absolute Gasteiger partial charge is 0.358 e. The van der Waals surface area contributed by atoms with Crippen LogP contribution in [0, 0.1) is 0 Å². The number of carboxylic acid groups (broad SMARTS) is 1. The van der Waals surface area contributed by atoms with Crippen LogP contribution >= 0.6 is 0 Å². The van der Waals surface area contributed by atoms with Crippen LogP contribution in [-0.4, -0.2) is 57.5 Å². The topological polar surface area (TPSA) is 104 Å². The number of aromatic carboxylic acids is 1. The summed E-state index contributed by atoms with van der Waals surface area (Å²) >= 11 is 0. The van der Waals surface area contributed by atoms with E-state index in [1.807, 2.05) is 0 Å². The van der Waals surface area contributed by atoms with Crippen molar-refractivity contribution in [3.63, 3.8) is 0 Å². The normalized spacial score (nSPS) is 16.1. The summed E-state index contributed by atoms with van der Waals surface area (Å²) in [5.74, 6) is -1.30. The van der Waals surface area contributed by atoms with Crippen LogP contribution < -0.4 is 0 Å². The average Bonchev–Trinajstić information content (AvgIpc) is 2.82. The van der Waals surface area contributed by atoms with Crippen molar-refractivity contribution >= 4 is 17.8 Å². The zero-order chi connectivity index (χ0) is 14.0. The van der Waals surface area contributed by atoms with Crippen molar-refractivity contribution in [2.45, 2.75) is 13.5 Å². The standard InChI is InChI=1S/C11H13N3O5/c1-2-13-5-10(16)14(6-9(13)15)4-7-3-8(11(17)18)12-19-7/h3H,2,4-6H2,1H3,(H,17,18). The Kier molecular flexibility index (Phi) is 3.50. The van der Waals surface area contributed by atoms with Crippen molar-refractivity contribution in [2.24, 2.45) is 0 Å². The molecule has 1 fully saturated rings. The number of carbonyl (C=O) groups excluding carboxylic acids is 2. The first-order valence-electron chi connectivity index (χ1n) is 5.75. The van der Waals surface area contributed by atoms with Crippen LogP contribution in [0.25, 0.3) is 0 Å². The van der Waals surface area contributed by atoms with Gasteiger partial charge in [-0.3, -0.25) is 9.59 Å². The van der Waals surface area contributed by atoms with Gasteiger partial charge in [0.1, 0.15) is 6.54 Å². The van der Waals surface area contributed by atoms with Gasteiger partial charge < -0.3 is 19.4 Å². The lowest BCUT2D eigenvalue weighted by Gasteiger charge is -2.32. The van der Waals surface area contributed by atoms with Crippen LogP contribution in [0.4, 0.5) is 0 Å². The molecule has 102 valence electrons. The summed E-state index contributed by atoms with van der Waals surface area (Å²) < 4.78 is 4.82. The zero-order valence-corrected chi connectivity index (χ0v) is 10.3. The Labute approximate surface area is 108 Å². The monoisotopic (exact) mass is 267 g/mol. The van der Waals surface area contributed by atoms with Gasteiger partial charge in [-0.15, -0.1) is 0 Å². The first-order chi connectivity index (χ1) is 9.01. The van der Waals surface area contributed by atoms with Crippen molar-refractivity contribution < 1.29 is 24.0 Å². The van der Waals surface area contributed by atoms with E-state index in [4.69, 9.17) is 9.63 Å². The van der Waals surface area contributed by atoms with Gasteiger partial charge in [-0.2, -0.15) is 0 Å². The van der Waals surface area contributed by atoms with E-state index in [9.17, 15) is 14.4 Å². The highest BCUT2D eigenvalue weighted by Crippen LogP contribution is 2.11. The number of nitrogens with zero attached hydrogens (tertiary/aromatic N) is 3. The summed E-state index contributed by atoms with van der Waals surface area (Å²) in [4.78, 5) is 36.9. The van der Waals surface area contributed by atoms with Gasteiger partial charge in [0.25, 0.3) is 0 Å².